The van der Waals surface area contributed by atoms with Crippen LogP contribution >= 0.6 is 0 Å². The minimum atomic E-state index is -0.583. The van der Waals surface area contributed by atoms with Gasteiger partial charge in [-0.25, -0.2) is 4.39 Å². The molecule has 188 valence electrons. The molecule has 4 N–H and O–H groups in total. The minimum Gasteiger partial charge on any atom is -0.383 e. The molecule has 37 heavy (non-hydrogen) atoms. The van der Waals surface area contributed by atoms with E-state index in [2.05, 4.69) is 26.7 Å². The Kier molecular flexibility index (Phi) is 6.46. The lowest BCUT2D eigenvalue weighted by molar-refractivity contribution is 0.0735. The highest BCUT2D eigenvalue weighted by molar-refractivity contribution is 6.01. The van der Waals surface area contributed by atoms with E-state index in [1.54, 1.807) is 23.1 Å². The van der Waals surface area contributed by atoms with Crippen LogP contribution in [0.3, 0.4) is 0 Å². The highest BCUT2D eigenvalue weighted by atomic mass is 19.1. The molecule has 0 bridgehead atoms. The van der Waals surface area contributed by atoms with Crippen molar-refractivity contribution in [3.8, 4) is 17.2 Å². The molecule has 1 aliphatic rings. The third-order valence-corrected chi connectivity index (χ3v) is 6.45. The van der Waals surface area contributed by atoms with E-state index < -0.39 is 5.82 Å². The number of benzene rings is 2. The lowest BCUT2D eigenvalue weighted by Gasteiger charge is -2.27. The van der Waals surface area contributed by atoms with Gasteiger partial charge in [-0.15, -0.1) is 0 Å². The van der Waals surface area contributed by atoms with E-state index in [1.165, 1.54) is 12.1 Å². The Morgan fingerprint density at radius 3 is 2.54 bits per heavy atom. The molecule has 4 aromatic rings. The number of carbonyl (C=O) groups is 1. The van der Waals surface area contributed by atoms with Gasteiger partial charge in [0.15, 0.2) is 0 Å². The van der Waals surface area contributed by atoms with Gasteiger partial charge in [0.05, 0.1) is 22.7 Å². The molecule has 1 saturated heterocycles. The number of halogens is 1. The van der Waals surface area contributed by atoms with Gasteiger partial charge in [-0.3, -0.25) is 4.79 Å². The van der Waals surface area contributed by atoms with Crippen LogP contribution in [0.5, 0.6) is 0 Å². The quantitative estimate of drug-likeness (QED) is 0.379. The van der Waals surface area contributed by atoms with Crippen LogP contribution in [0, 0.1) is 17.1 Å². The van der Waals surface area contributed by atoms with Crippen LogP contribution < -0.4 is 16.4 Å². The van der Waals surface area contributed by atoms with Crippen molar-refractivity contribution in [1.82, 2.24) is 24.8 Å². The van der Waals surface area contributed by atoms with E-state index in [4.69, 9.17) is 11.0 Å². The molecule has 0 saturated carbocycles. The van der Waals surface area contributed by atoms with Crippen molar-refractivity contribution in [2.75, 3.05) is 37.2 Å². The van der Waals surface area contributed by atoms with Gasteiger partial charge in [0.25, 0.3) is 5.91 Å². The number of nitrogens with zero attached hydrogens (tertiary/aromatic N) is 5. The fraction of sp³-hybridized carbons (Fsp3) is 0.259. The maximum absolute atomic E-state index is 15.0. The average Bonchev–Trinajstić information content (AvgIpc) is 3.30. The number of fused-ring (bicyclic) bond motifs is 1. The van der Waals surface area contributed by atoms with Crippen LogP contribution in [-0.4, -0.2) is 51.5 Å². The van der Waals surface area contributed by atoms with Crippen molar-refractivity contribution in [1.29, 1.82) is 5.26 Å². The molecule has 2 aromatic heterocycles. The first-order chi connectivity index (χ1) is 17.9. The number of hydrogen-bond acceptors (Lipinski definition) is 7. The van der Waals surface area contributed by atoms with Gasteiger partial charge in [0.1, 0.15) is 17.3 Å². The number of nitrogen functional groups attached to an aromatic ring is 1. The highest BCUT2D eigenvalue weighted by Crippen LogP contribution is 2.36. The lowest BCUT2D eigenvalue weighted by atomic mass is 10.0. The van der Waals surface area contributed by atoms with E-state index in [0.717, 1.165) is 24.2 Å². The van der Waals surface area contributed by atoms with Crippen LogP contribution in [-0.2, 0) is 0 Å². The monoisotopic (exact) mass is 498 g/mol. The molecule has 0 radical (unpaired) electrons. The maximum Gasteiger partial charge on any atom is 0.254 e. The van der Waals surface area contributed by atoms with Crippen molar-refractivity contribution < 1.29 is 9.18 Å². The molecule has 1 amide bonds. The van der Waals surface area contributed by atoms with Crippen LogP contribution in [0.1, 0.15) is 35.8 Å². The predicted octanol–water partition coefficient (Wildman–Crippen LogP) is 4.06. The second-order valence-corrected chi connectivity index (χ2v) is 9.23. The van der Waals surface area contributed by atoms with Crippen molar-refractivity contribution in [3.63, 3.8) is 0 Å². The average molecular weight is 499 g/mol. The second kappa shape index (κ2) is 9.87. The Bertz CT molecular complexity index is 1510. The zero-order valence-electron chi connectivity index (χ0n) is 20.6. The van der Waals surface area contributed by atoms with Gasteiger partial charge >= 0.3 is 0 Å². The summed E-state index contributed by atoms with van der Waals surface area (Å²) in [7, 11) is 0. The molecule has 10 heteroatoms. The highest BCUT2D eigenvalue weighted by Gasteiger charge is 2.21. The standard InChI is InChI=1S/C27H27FN8O/c1-16(2)36-15-20(18-5-3-17(14-29)4-6-18)23-24(30)33-27(34-25(23)36)32-22-8-7-19(13-21(22)28)26(37)35-11-9-31-10-12-35/h3-8,13,15-16,31H,9-12H2,1-2H3,(H3,30,32,33,34). The van der Waals surface area contributed by atoms with Crippen LogP contribution in [0.15, 0.2) is 48.7 Å². The molecule has 0 atom stereocenters. The first-order valence-electron chi connectivity index (χ1n) is 12.1. The SMILES string of the molecule is CC(C)n1cc(-c2ccc(C#N)cc2)c2c(N)nc(Nc3ccc(C(=O)N4CCNCC4)cc3F)nc21. The van der Waals surface area contributed by atoms with Gasteiger partial charge in [0.2, 0.25) is 5.95 Å². The summed E-state index contributed by atoms with van der Waals surface area (Å²) < 4.78 is 17.0. The Hall–Kier alpha value is -4.49. The number of carbonyl (C=O) groups excluding carboxylic acids is 1. The Morgan fingerprint density at radius 2 is 1.89 bits per heavy atom. The third kappa shape index (κ3) is 4.69. The zero-order valence-corrected chi connectivity index (χ0v) is 20.6. The smallest absolute Gasteiger partial charge is 0.254 e. The maximum atomic E-state index is 15.0. The number of nitrogens with one attached hydrogen (secondary N) is 2. The summed E-state index contributed by atoms with van der Waals surface area (Å²) >= 11 is 0. The number of nitrogens with two attached hydrogens (primary N) is 1. The number of rotatable bonds is 5. The molecular weight excluding hydrogens is 471 g/mol. The van der Waals surface area contributed by atoms with Crippen LogP contribution in [0.4, 0.5) is 21.8 Å². The second-order valence-electron chi connectivity index (χ2n) is 9.23. The fourth-order valence-corrected chi connectivity index (χ4v) is 4.49. The topological polar surface area (TPSA) is 125 Å². The largest absolute Gasteiger partial charge is 0.383 e. The summed E-state index contributed by atoms with van der Waals surface area (Å²) in [6.45, 7) is 6.68. The summed E-state index contributed by atoms with van der Waals surface area (Å²) in [5.41, 5.74) is 9.74. The van der Waals surface area contributed by atoms with E-state index >= 15 is 4.39 Å². The van der Waals surface area contributed by atoms with E-state index in [1.807, 2.05) is 36.7 Å². The summed E-state index contributed by atoms with van der Waals surface area (Å²) in [6.07, 6.45) is 1.96. The van der Waals surface area contributed by atoms with E-state index in [-0.39, 0.29) is 29.4 Å². The molecular formula is C27H27FN8O. The Labute approximate surface area is 213 Å². The van der Waals surface area contributed by atoms with E-state index in [9.17, 15) is 4.79 Å². The summed E-state index contributed by atoms with van der Waals surface area (Å²) in [5.74, 6) is -0.381. The molecule has 1 aliphatic heterocycles. The zero-order chi connectivity index (χ0) is 26.1. The van der Waals surface area contributed by atoms with Gasteiger partial charge < -0.3 is 25.8 Å². The summed E-state index contributed by atoms with van der Waals surface area (Å²) in [5, 5.41) is 15.9. The fourth-order valence-electron chi connectivity index (χ4n) is 4.49. The number of piperazine rings is 1. The lowest BCUT2D eigenvalue weighted by Crippen LogP contribution is -2.46. The van der Waals surface area contributed by atoms with Crippen LogP contribution in [0.25, 0.3) is 22.2 Å². The van der Waals surface area contributed by atoms with Crippen molar-refractivity contribution in [2.24, 2.45) is 0 Å². The minimum absolute atomic E-state index is 0.0730. The summed E-state index contributed by atoms with van der Waals surface area (Å²) in [4.78, 5) is 23.5. The number of nitriles is 1. The molecule has 0 unspecified atom stereocenters. The van der Waals surface area contributed by atoms with Crippen molar-refractivity contribution in [2.45, 2.75) is 19.9 Å². The molecule has 5 rings (SSSR count). The number of amides is 1. The van der Waals surface area contributed by atoms with Crippen molar-refractivity contribution >= 4 is 34.4 Å². The first-order valence-corrected chi connectivity index (χ1v) is 12.1. The van der Waals surface area contributed by atoms with Gasteiger partial charge in [-0.05, 0) is 49.7 Å². The molecule has 1 fully saturated rings. The van der Waals surface area contributed by atoms with Crippen molar-refractivity contribution in [3.05, 3.63) is 65.6 Å². The number of hydrogen-bond donors (Lipinski definition) is 3. The van der Waals surface area contributed by atoms with Gasteiger partial charge in [0, 0.05) is 49.5 Å². The normalized spacial score (nSPS) is 13.6. The molecule has 9 nitrogen and oxygen atoms in total. The van der Waals surface area contributed by atoms with Crippen LogP contribution in [0.2, 0.25) is 0 Å². The summed E-state index contributed by atoms with van der Waals surface area (Å²) in [6, 6.07) is 13.8. The first kappa shape index (κ1) is 24.2. The predicted molar refractivity (Wildman–Crippen MR) is 141 cm³/mol. The number of aromatic nitrogens is 3. The number of anilines is 3. The van der Waals surface area contributed by atoms with Gasteiger partial charge in [-0.2, -0.15) is 15.2 Å². The Balaban J connectivity index is 1.48. The third-order valence-electron chi connectivity index (χ3n) is 6.45. The molecule has 2 aromatic carbocycles. The Morgan fingerprint density at radius 1 is 1.16 bits per heavy atom. The molecule has 0 aliphatic carbocycles. The van der Waals surface area contributed by atoms with Gasteiger partial charge in [-0.1, -0.05) is 12.1 Å². The molecule has 3 heterocycles. The molecule has 0 spiro atoms. The van der Waals surface area contributed by atoms with E-state index in [0.29, 0.717) is 35.2 Å².